The van der Waals surface area contributed by atoms with E-state index in [1.165, 1.54) is 10.9 Å². The zero-order chi connectivity index (χ0) is 13.4. The fraction of sp³-hybridized carbons (Fsp3) is 0.533. The molecule has 0 atom stereocenters. The second kappa shape index (κ2) is 4.63. The zero-order valence-corrected chi connectivity index (χ0v) is 12.1. The highest BCUT2D eigenvalue weighted by Crippen LogP contribution is 2.31. The molecule has 0 spiro atoms. The minimum atomic E-state index is 0.364. The molecule has 96 valence electrons. The van der Waals surface area contributed by atoms with E-state index in [1.807, 2.05) is 13.8 Å². The monoisotopic (exact) mass is 243 g/mol. The van der Waals surface area contributed by atoms with Crippen molar-refractivity contribution >= 4 is 10.9 Å². The lowest BCUT2D eigenvalue weighted by molar-refractivity contribution is 0.782. The van der Waals surface area contributed by atoms with Gasteiger partial charge in [0.2, 0.25) is 0 Å². The lowest BCUT2D eigenvalue weighted by Gasteiger charge is -2.16. The van der Waals surface area contributed by atoms with E-state index in [-0.39, 0.29) is 0 Å². The molecule has 0 aliphatic carbocycles. The average Bonchev–Trinajstić information content (AvgIpc) is 2.28. The molecule has 0 fully saturated rings. The number of aromatic nitrogens is 3. The van der Waals surface area contributed by atoms with Crippen molar-refractivity contribution in [1.29, 1.82) is 0 Å². The molecule has 18 heavy (non-hydrogen) atoms. The quantitative estimate of drug-likeness (QED) is 0.803. The van der Waals surface area contributed by atoms with Gasteiger partial charge in [0.25, 0.3) is 0 Å². The highest BCUT2D eigenvalue weighted by Gasteiger charge is 2.17. The number of aryl methyl sites for hydroxylation is 2. The number of nitrogens with zero attached hydrogens (tertiary/aromatic N) is 3. The first-order chi connectivity index (χ1) is 8.41. The number of fused-ring (bicyclic) bond motifs is 1. The Labute approximate surface area is 109 Å². The average molecular weight is 243 g/mol. The third-order valence-corrected chi connectivity index (χ3v) is 3.25. The van der Waals surface area contributed by atoms with Gasteiger partial charge in [-0.2, -0.15) is 10.2 Å². The van der Waals surface area contributed by atoms with Gasteiger partial charge in [0.05, 0.1) is 16.9 Å². The van der Waals surface area contributed by atoms with Crippen molar-refractivity contribution in [2.24, 2.45) is 0 Å². The highest BCUT2D eigenvalue weighted by molar-refractivity contribution is 5.87. The highest BCUT2D eigenvalue weighted by atomic mass is 15.1. The Hall–Kier alpha value is -1.51. The number of hydrogen-bond donors (Lipinski definition) is 0. The van der Waals surface area contributed by atoms with Gasteiger partial charge in [-0.1, -0.05) is 27.7 Å². The fourth-order valence-corrected chi connectivity index (χ4v) is 2.32. The topological polar surface area (TPSA) is 38.7 Å². The van der Waals surface area contributed by atoms with Gasteiger partial charge in [0, 0.05) is 11.1 Å². The number of pyridine rings is 1. The van der Waals surface area contributed by atoms with Gasteiger partial charge in [-0.3, -0.25) is 4.98 Å². The van der Waals surface area contributed by atoms with Gasteiger partial charge in [0.1, 0.15) is 0 Å². The molecule has 2 rings (SSSR count). The molecule has 0 aromatic carbocycles. The Bertz CT molecular complexity index is 586. The van der Waals surface area contributed by atoms with E-state index < -0.39 is 0 Å². The SMILES string of the molecule is Cc1cc(C(C)C)c2c(C(C)C)nnc(C)c2n1. The van der Waals surface area contributed by atoms with E-state index in [2.05, 4.69) is 48.9 Å². The maximum atomic E-state index is 4.66. The minimum Gasteiger partial charge on any atom is -0.251 e. The van der Waals surface area contributed by atoms with Crippen LogP contribution in [-0.4, -0.2) is 15.2 Å². The summed E-state index contributed by atoms with van der Waals surface area (Å²) in [5, 5.41) is 9.85. The predicted octanol–water partition coefficient (Wildman–Crippen LogP) is 3.89. The molecule has 0 saturated heterocycles. The molecule has 0 aliphatic heterocycles. The van der Waals surface area contributed by atoms with Crippen LogP contribution in [0.3, 0.4) is 0 Å². The Kier molecular flexibility index (Phi) is 3.33. The van der Waals surface area contributed by atoms with E-state index in [0.717, 1.165) is 22.6 Å². The van der Waals surface area contributed by atoms with E-state index in [9.17, 15) is 0 Å². The molecule has 2 aromatic rings. The summed E-state index contributed by atoms with van der Waals surface area (Å²) >= 11 is 0. The third kappa shape index (κ3) is 2.09. The third-order valence-electron chi connectivity index (χ3n) is 3.25. The van der Waals surface area contributed by atoms with Crippen LogP contribution in [0.5, 0.6) is 0 Å². The molecule has 0 N–H and O–H groups in total. The molecular weight excluding hydrogens is 222 g/mol. The minimum absolute atomic E-state index is 0.364. The second-order valence-corrected chi connectivity index (χ2v) is 5.56. The summed E-state index contributed by atoms with van der Waals surface area (Å²) in [4.78, 5) is 4.66. The molecule has 0 saturated carbocycles. The zero-order valence-electron chi connectivity index (χ0n) is 12.1. The first-order valence-corrected chi connectivity index (χ1v) is 6.56. The molecular formula is C15H21N3. The van der Waals surface area contributed by atoms with Crippen LogP contribution < -0.4 is 0 Å². The van der Waals surface area contributed by atoms with Crippen molar-refractivity contribution in [3.05, 3.63) is 28.7 Å². The molecule has 3 nitrogen and oxygen atoms in total. The fourth-order valence-electron chi connectivity index (χ4n) is 2.32. The van der Waals surface area contributed by atoms with Crippen molar-refractivity contribution in [2.45, 2.75) is 53.4 Å². The van der Waals surface area contributed by atoms with E-state index in [4.69, 9.17) is 0 Å². The van der Waals surface area contributed by atoms with Crippen LogP contribution in [-0.2, 0) is 0 Å². The first-order valence-electron chi connectivity index (χ1n) is 6.56. The van der Waals surface area contributed by atoms with Crippen molar-refractivity contribution in [3.8, 4) is 0 Å². The lowest BCUT2D eigenvalue weighted by Crippen LogP contribution is -2.05. The Morgan fingerprint density at radius 3 is 2.17 bits per heavy atom. The smallest absolute Gasteiger partial charge is 0.0957 e. The molecule has 0 radical (unpaired) electrons. The second-order valence-electron chi connectivity index (χ2n) is 5.56. The lowest BCUT2D eigenvalue weighted by atomic mass is 9.93. The maximum absolute atomic E-state index is 4.66. The van der Waals surface area contributed by atoms with E-state index in [0.29, 0.717) is 11.8 Å². The molecule has 0 amide bonds. The first kappa shape index (κ1) is 12.9. The summed E-state index contributed by atoms with van der Waals surface area (Å²) in [7, 11) is 0. The summed E-state index contributed by atoms with van der Waals surface area (Å²) in [5.74, 6) is 0.831. The maximum Gasteiger partial charge on any atom is 0.0957 e. The molecule has 2 aromatic heterocycles. The molecule has 0 unspecified atom stereocenters. The van der Waals surface area contributed by atoms with Gasteiger partial charge in [-0.15, -0.1) is 0 Å². The number of rotatable bonds is 2. The standard InChI is InChI=1S/C15H21N3/c1-8(2)12-7-10(5)16-15-11(6)17-18-14(9(3)4)13(12)15/h7-9H,1-6H3. The molecule has 3 heteroatoms. The van der Waals surface area contributed by atoms with Crippen LogP contribution in [0.1, 0.15) is 62.2 Å². The van der Waals surface area contributed by atoms with Crippen LogP contribution in [0.25, 0.3) is 10.9 Å². The Balaban J connectivity index is 2.94. The van der Waals surface area contributed by atoms with Crippen LogP contribution >= 0.6 is 0 Å². The Morgan fingerprint density at radius 2 is 1.61 bits per heavy atom. The summed E-state index contributed by atoms with van der Waals surface area (Å²) in [6.45, 7) is 12.8. The summed E-state index contributed by atoms with van der Waals surface area (Å²) in [6, 6.07) is 2.18. The number of hydrogen-bond acceptors (Lipinski definition) is 3. The molecule has 0 aliphatic rings. The van der Waals surface area contributed by atoms with Crippen LogP contribution in [0.2, 0.25) is 0 Å². The van der Waals surface area contributed by atoms with Crippen molar-refractivity contribution < 1.29 is 0 Å². The van der Waals surface area contributed by atoms with Crippen molar-refractivity contribution in [2.75, 3.05) is 0 Å². The Morgan fingerprint density at radius 1 is 0.944 bits per heavy atom. The summed E-state index contributed by atoms with van der Waals surface area (Å²) in [5.41, 5.74) is 5.38. The summed E-state index contributed by atoms with van der Waals surface area (Å²) in [6.07, 6.45) is 0. The molecule has 2 heterocycles. The van der Waals surface area contributed by atoms with Crippen LogP contribution in [0, 0.1) is 13.8 Å². The van der Waals surface area contributed by atoms with Crippen molar-refractivity contribution in [3.63, 3.8) is 0 Å². The van der Waals surface area contributed by atoms with Gasteiger partial charge < -0.3 is 0 Å². The van der Waals surface area contributed by atoms with Crippen LogP contribution in [0.15, 0.2) is 6.07 Å². The molecule has 0 bridgehead atoms. The summed E-state index contributed by atoms with van der Waals surface area (Å²) < 4.78 is 0. The van der Waals surface area contributed by atoms with Crippen LogP contribution in [0.4, 0.5) is 0 Å². The van der Waals surface area contributed by atoms with E-state index >= 15 is 0 Å². The van der Waals surface area contributed by atoms with Crippen molar-refractivity contribution in [1.82, 2.24) is 15.2 Å². The predicted molar refractivity (Wildman–Crippen MR) is 75.0 cm³/mol. The normalized spacial score (nSPS) is 11.8. The van der Waals surface area contributed by atoms with Gasteiger partial charge in [-0.25, -0.2) is 0 Å². The van der Waals surface area contributed by atoms with E-state index in [1.54, 1.807) is 0 Å². The van der Waals surface area contributed by atoms with Gasteiger partial charge in [0.15, 0.2) is 0 Å². The van der Waals surface area contributed by atoms with Gasteiger partial charge >= 0.3 is 0 Å². The van der Waals surface area contributed by atoms with Gasteiger partial charge in [-0.05, 0) is 37.3 Å². The largest absolute Gasteiger partial charge is 0.251 e.